The predicted octanol–water partition coefficient (Wildman–Crippen LogP) is 0.667. The summed E-state index contributed by atoms with van der Waals surface area (Å²) >= 11 is 0. The molecule has 0 unspecified atom stereocenters. The summed E-state index contributed by atoms with van der Waals surface area (Å²) < 4.78 is 60.9. The van der Waals surface area contributed by atoms with Gasteiger partial charge in [-0.05, 0) is 6.42 Å². The molecule has 1 rings (SSSR count). The van der Waals surface area contributed by atoms with Crippen LogP contribution in [0.5, 0.6) is 0 Å². The summed E-state index contributed by atoms with van der Waals surface area (Å²) in [6.07, 6.45) is -3.88. The number of carboxylic acids is 1. The maximum atomic E-state index is 12.0. The number of alkyl halides is 3. The van der Waals surface area contributed by atoms with E-state index >= 15 is 0 Å². The minimum atomic E-state index is -4.45. The van der Waals surface area contributed by atoms with E-state index < -0.39 is 46.8 Å². The Kier molecular flexibility index (Phi) is 5.72. The molecule has 0 aromatic carbocycles. The monoisotopic (exact) mass is 329 g/mol. The number of nitrogens with one attached hydrogen (secondary N) is 2. The summed E-state index contributed by atoms with van der Waals surface area (Å²) in [7, 11) is -4.12. The van der Waals surface area contributed by atoms with Gasteiger partial charge in [0.25, 0.3) is 0 Å². The molecule has 0 aliphatic rings. The topological polar surface area (TPSA) is 112 Å². The molecule has 1 atom stereocenters. The van der Waals surface area contributed by atoms with E-state index in [4.69, 9.17) is 5.11 Å². The molecule has 21 heavy (non-hydrogen) atoms. The average molecular weight is 329 g/mol. The summed E-state index contributed by atoms with van der Waals surface area (Å²) in [5.41, 5.74) is 0.389. The van der Waals surface area contributed by atoms with Gasteiger partial charge in [-0.3, -0.25) is 4.79 Å². The number of hydrogen-bond donors (Lipinski definition) is 3. The number of carbonyl (C=O) groups is 1. The first-order valence-electron chi connectivity index (χ1n) is 5.86. The van der Waals surface area contributed by atoms with Gasteiger partial charge in [0, 0.05) is 24.7 Å². The van der Waals surface area contributed by atoms with Crippen LogP contribution in [0.2, 0.25) is 0 Å². The molecule has 0 saturated heterocycles. The van der Waals surface area contributed by atoms with Crippen molar-refractivity contribution in [3.8, 4) is 0 Å². The lowest BCUT2D eigenvalue weighted by molar-refractivity contribution is -0.139. The second-order valence-corrected chi connectivity index (χ2v) is 6.20. The third kappa shape index (κ3) is 7.09. The number of hydrogen-bond acceptors (Lipinski definition) is 4. The first-order valence-corrected chi connectivity index (χ1v) is 7.51. The highest BCUT2D eigenvalue weighted by atomic mass is 32.2. The normalized spacial score (nSPS) is 14.0. The van der Waals surface area contributed by atoms with Crippen molar-refractivity contribution in [3.63, 3.8) is 0 Å². The lowest BCUT2D eigenvalue weighted by Gasteiger charge is -2.14. The van der Waals surface area contributed by atoms with Gasteiger partial charge in [-0.15, -0.1) is 0 Å². The van der Waals surface area contributed by atoms with Crippen molar-refractivity contribution in [2.24, 2.45) is 0 Å². The molecular formula is C10H14F3N3O4S. The molecule has 0 spiro atoms. The Balaban J connectivity index is 2.59. The van der Waals surface area contributed by atoms with Gasteiger partial charge in [0.1, 0.15) is 6.04 Å². The summed E-state index contributed by atoms with van der Waals surface area (Å²) in [5, 5.41) is 8.95. The first-order chi connectivity index (χ1) is 9.59. The number of aromatic nitrogens is 2. The molecular weight excluding hydrogens is 315 g/mol. The van der Waals surface area contributed by atoms with E-state index in [1.165, 1.54) is 12.5 Å². The zero-order valence-corrected chi connectivity index (χ0v) is 11.5. The number of nitrogens with zero attached hydrogens (tertiary/aromatic N) is 1. The first kappa shape index (κ1) is 17.4. The minimum absolute atomic E-state index is 0.187. The number of H-pyrrole nitrogens is 1. The highest BCUT2D eigenvalue weighted by Gasteiger charge is 2.29. The molecule has 1 aromatic rings. The van der Waals surface area contributed by atoms with Crippen LogP contribution in [0.15, 0.2) is 12.5 Å². The van der Waals surface area contributed by atoms with E-state index in [-0.39, 0.29) is 6.42 Å². The number of aliphatic carboxylic acids is 1. The molecule has 1 aromatic heterocycles. The van der Waals surface area contributed by atoms with Gasteiger partial charge >= 0.3 is 12.1 Å². The molecule has 0 radical (unpaired) electrons. The third-order valence-electron chi connectivity index (χ3n) is 2.47. The van der Waals surface area contributed by atoms with Gasteiger partial charge in [0.05, 0.1) is 12.1 Å². The smallest absolute Gasteiger partial charge is 0.389 e. The van der Waals surface area contributed by atoms with E-state index in [0.29, 0.717) is 5.69 Å². The average Bonchev–Trinajstić information content (AvgIpc) is 2.78. The standard InChI is InChI=1S/C10H14F3N3O4S/c11-10(12,13)2-1-3-21(19,20)16-8(9(17)18)4-7-5-14-6-15-7/h5-6,8,16H,1-4H2,(H,14,15)(H,17,18)/t8-/m1/s1. The van der Waals surface area contributed by atoms with Gasteiger partial charge in [-0.1, -0.05) is 0 Å². The van der Waals surface area contributed by atoms with Crippen molar-refractivity contribution in [2.45, 2.75) is 31.5 Å². The number of halogens is 3. The Bertz CT molecular complexity index is 557. The van der Waals surface area contributed by atoms with E-state index in [9.17, 15) is 26.4 Å². The molecule has 7 nitrogen and oxygen atoms in total. The molecule has 0 aliphatic heterocycles. The predicted molar refractivity (Wildman–Crippen MR) is 65.9 cm³/mol. The van der Waals surface area contributed by atoms with Crippen molar-refractivity contribution in [3.05, 3.63) is 18.2 Å². The maximum Gasteiger partial charge on any atom is 0.389 e. The summed E-state index contributed by atoms with van der Waals surface area (Å²) in [5.74, 6) is -2.22. The summed E-state index contributed by atoms with van der Waals surface area (Å²) in [6.45, 7) is 0. The van der Waals surface area contributed by atoms with Crippen LogP contribution >= 0.6 is 0 Å². The fraction of sp³-hybridized carbons (Fsp3) is 0.600. The molecule has 120 valence electrons. The summed E-state index contributed by atoms with van der Waals surface area (Å²) in [6, 6.07) is -1.47. The quantitative estimate of drug-likeness (QED) is 0.649. The van der Waals surface area contributed by atoms with E-state index in [0.717, 1.165) is 0 Å². The second kappa shape index (κ2) is 6.89. The molecule has 0 saturated carbocycles. The van der Waals surface area contributed by atoms with Crippen LogP contribution in [0.25, 0.3) is 0 Å². The van der Waals surface area contributed by atoms with Gasteiger partial charge in [0.15, 0.2) is 0 Å². The van der Waals surface area contributed by atoms with Crippen molar-refractivity contribution < 1.29 is 31.5 Å². The van der Waals surface area contributed by atoms with Gasteiger partial charge < -0.3 is 10.1 Å². The van der Waals surface area contributed by atoms with Crippen molar-refractivity contribution in [1.29, 1.82) is 0 Å². The van der Waals surface area contributed by atoms with E-state index in [1.807, 2.05) is 4.72 Å². The van der Waals surface area contributed by atoms with Crippen LogP contribution in [-0.2, 0) is 21.2 Å². The minimum Gasteiger partial charge on any atom is -0.480 e. The Hall–Kier alpha value is -1.62. The second-order valence-electron chi connectivity index (χ2n) is 4.33. The molecule has 0 aliphatic carbocycles. The Labute approximate surface area is 118 Å². The van der Waals surface area contributed by atoms with Crippen LogP contribution in [0.1, 0.15) is 18.5 Å². The lowest BCUT2D eigenvalue weighted by Crippen LogP contribution is -2.43. The fourth-order valence-corrected chi connectivity index (χ4v) is 2.79. The van der Waals surface area contributed by atoms with Crippen molar-refractivity contribution in [2.75, 3.05) is 5.75 Å². The number of carboxylic acid groups (broad SMARTS) is 1. The van der Waals surface area contributed by atoms with Crippen LogP contribution in [0, 0.1) is 0 Å². The van der Waals surface area contributed by atoms with E-state index in [2.05, 4.69) is 9.97 Å². The van der Waals surface area contributed by atoms with Crippen LogP contribution in [0.3, 0.4) is 0 Å². The largest absolute Gasteiger partial charge is 0.480 e. The highest BCUT2D eigenvalue weighted by Crippen LogP contribution is 2.21. The Morgan fingerprint density at radius 1 is 1.48 bits per heavy atom. The molecule has 0 fully saturated rings. The fourth-order valence-electron chi connectivity index (χ4n) is 1.53. The zero-order chi connectivity index (χ0) is 16.1. The van der Waals surface area contributed by atoms with Gasteiger partial charge in [-0.25, -0.2) is 18.1 Å². The molecule has 11 heteroatoms. The van der Waals surface area contributed by atoms with Crippen LogP contribution < -0.4 is 4.72 Å². The highest BCUT2D eigenvalue weighted by molar-refractivity contribution is 7.89. The number of rotatable bonds is 8. The third-order valence-corrected chi connectivity index (χ3v) is 3.94. The summed E-state index contributed by atoms with van der Waals surface area (Å²) in [4.78, 5) is 17.3. The number of sulfonamides is 1. The van der Waals surface area contributed by atoms with Crippen LogP contribution in [-0.4, -0.2) is 47.4 Å². The van der Waals surface area contributed by atoms with E-state index in [1.54, 1.807) is 0 Å². The van der Waals surface area contributed by atoms with Crippen molar-refractivity contribution >= 4 is 16.0 Å². The van der Waals surface area contributed by atoms with Gasteiger partial charge in [-0.2, -0.15) is 13.2 Å². The van der Waals surface area contributed by atoms with Crippen molar-refractivity contribution in [1.82, 2.24) is 14.7 Å². The molecule has 3 N–H and O–H groups in total. The Morgan fingerprint density at radius 2 is 2.14 bits per heavy atom. The number of imidazole rings is 1. The SMILES string of the molecule is O=C(O)[C@@H](Cc1cnc[nH]1)NS(=O)(=O)CCCC(F)(F)F. The molecule has 0 amide bonds. The lowest BCUT2D eigenvalue weighted by atomic mass is 10.2. The molecule has 1 heterocycles. The zero-order valence-electron chi connectivity index (χ0n) is 10.7. The number of aromatic amines is 1. The molecule has 0 bridgehead atoms. The van der Waals surface area contributed by atoms with Gasteiger partial charge in [0.2, 0.25) is 10.0 Å². The Morgan fingerprint density at radius 3 is 2.62 bits per heavy atom. The van der Waals surface area contributed by atoms with Crippen LogP contribution in [0.4, 0.5) is 13.2 Å². The maximum absolute atomic E-state index is 12.0.